The molecule has 0 atom stereocenters. The second-order valence-electron chi connectivity index (χ2n) is 5.39. The van der Waals surface area contributed by atoms with Crippen molar-refractivity contribution in [3.8, 4) is 0 Å². The van der Waals surface area contributed by atoms with E-state index in [1.165, 1.54) is 30.0 Å². The van der Waals surface area contributed by atoms with Crippen LogP contribution in [0.3, 0.4) is 0 Å². The largest absolute Gasteiger partial charge is 0.450 e. The molecule has 0 saturated carbocycles. The molecule has 2 heterocycles. The van der Waals surface area contributed by atoms with Crippen LogP contribution in [0.2, 0.25) is 0 Å². The lowest BCUT2D eigenvalue weighted by Crippen LogP contribution is -2.40. The van der Waals surface area contributed by atoms with E-state index in [2.05, 4.69) is 27.6 Å². The maximum atomic E-state index is 11.2. The Balaban J connectivity index is 0.000000229. The van der Waals surface area contributed by atoms with E-state index in [-0.39, 0.29) is 0 Å². The Hall–Kier alpha value is -1.70. The number of hydrogen-bond donors (Lipinski definition) is 2. The minimum absolute atomic E-state index is 0.357. The maximum Gasteiger partial charge on any atom is 0.413 e. The Labute approximate surface area is 140 Å². The number of likely N-dealkylation sites (N-methyl/N-ethyl adjacent to an activating group) is 1. The first-order chi connectivity index (χ1) is 11.1. The highest BCUT2D eigenvalue weighted by Gasteiger charge is 2.07. The van der Waals surface area contributed by atoms with E-state index >= 15 is 0 Å². The monoisotopic (exact) mass is 336 g/mol. The molecule has 1 amide bonds. The second kappa shape index (κ2) is 8.81. The third kappa shape index (κ3) is 5.78. The van der Waals surface area contributed by atoms with Gasteiger partial charge in [-0.3, -0.25) is 5.32 Å². The number of aryl methyl sites for hydroxylation is 1. The van der Waals surface area contributed by atoms with Gasteiger partial charge in [0, 0.05) is 26.2 Å². The zero-order valence-corrected chi connectivity index (χ0v) is 14.7. The molecule has 1 fully saturated rings. The van der Waals surface area contributed by atoms with Crippen LogP contribution in [0.5, 0.6) is 0 Å². The van der Waals surface area contributed by atoms with Crippen LogP contribution in [-0.2, 0) is 4.74 Å². The standard InChI is InChI=1S/C11H12N2O2S.C5H12N2/c1-3-15-11(14)13-10-12-8-5-4-7(2)6-9(8)16-10;1-7-4-2-6-3-5-7/h4-6H,3H2,1-2H3,(H,12,13,14);6H,2-5H2,1H3. The second-order valence-corrected chi connectivity index (χ2v) is 6.42. The van der Waals surface area contributed by atoms with Gasteiger partial charge in [0.1, 0.15) is 0 Å². The topological polar surface area (TPSA) is 66.5 Å². The number of amides is 1. The molecule has 3 rings (SSSR count). The number of nitrogens with one attached hydrogen (secondary N) is 2. The number of benzene rings is 1. The minimum atomic E-state index is -0.460. The van der Waals surface area contributed by atoms with Crippen molar-refractivity contribution in [1.29, 1.82) is 0 Å². The molecule has 126 valence electrons. The summed E-state index contributed by atoms with van der Waals surface area (Å²) in [5, 5.41) is 6.44. The van der Waals surface area contributed by atoms with Gasteiger partial charge >= 0.3 is 6.09 Å². The first-order valence-electron chi connectivity index (χ1n) is 7.78. The summed E-state index contributed by atoms with van der Waals surface area (Å²) in [6, 6.07) is 5.98. The molecule has 23 heavy (non-hydrogen) atoms. The van der Waals surface area contributed by atoms with E-state index in [0.717, 1.165) is 23.3 Å². The number of rotatable bonds is 2. The lowest BCUT2D eigenvalue weighted by molar-refractivity contribution is 0.168. The summed E-state index contributed by atoms with van der Waals surface area (Å²) in [6.45, 7) is 8.89. The number of aromatic nitrogens is 1. The van der Waals surface area contributed by atoms with Crippen molar-refractivity contribution in [1.82, 2.24) is 15.2 Å². The van der Waals surface area contributed by atoms with Crippen molar-refractivity contribution < 1.29 is 9.53 Å². The molecule has 0 unspecified atom stereocenters. The number of carbonyl (C=O) groups excluding carboxylic acids is 1. The summed E-state index contributed by atoms with van der Waals surface area (Å²) in [7, 11) is 2.15. The van der Waals surface area contributed by atoms with Gasteiger partial charge in [0.2, 0.25) is 0 Å². The first kappa shape index (κ1) is 17.7. The number of carbonyl (C=O) groups is 1. The summed E-state index contributed by atoms with van der Waals surface area (Å²) in [5.41, 5.74) is 2.07. The molecule has 1 aliphatic rings. The third-order valence-electron chi connectivity index (χ3n) is 3.37. The fourth-order valence-corrected chi connectivity index (χ4v) is 3.07. The fourth-order valence-electron chi connectivity index (χ4n) is 2.12. The number of nitrogens with zero attached hydrogens (tertiary/aromatic N) is 2. The molecule has 0 spiro atoms. The van der Waals surface area contributed by atoms with E-state index < -0.39 is 6.09 Å². The van der Waals surface area contributed by atoms with Crippen LogP contribution >= 0.6 is 11.3 Å². The van der Waals surface area contributed by atoms with Gasteiger partial charge in [-0.2, -0.15) is 0 Å². The lowest BCUT2D eigenvalue weighted by Gasteiger charge is -2.21. The Bertz CT molecular complexity index is 638. The molecule has 2 aromatic rings. The van der Waals surface area contributed by atoms with E-state index in [1.807, 2.05) is 25.1 Å². The number of anilines is 1. The van der Waals surface area contributed by atoms with Crippen molar-refractivity contribution in [3.05, 3.63) is 23.8 Å². The van der Waals surface area contributed by atoms with Crippen LogP contribution in [0.25, 0.3) is 10.2 Å². The highest BCUT2D eigenvalue weighted by Crippen LogP contribution is 2.26. The molecule has 7 heteroatoms. The summed E-state index contributed by atoms with van der Waals surface area (Å²) < 4.78 is 5.84. The predicted octanol–water partition coefficient (Wildman–Crippen LogP) is 2.69. The average molecular weight is 336 g/mol. The van der Waals surface area contributed by atoms with Crippen molar-refractivity contribution in [2.24, 2.45) is 0 Å². The SMILES string of the molecule is CCOC(=O)Nc1nc2ccc(C)cc2s1.CN1CCNCC1. The van der Waals surface area contributed by atoms with Crippen LogP contribution in [0, 0.1) is 6.92 Å². The fraction of sp³-hybridized carbons (Fsp3) is 0.500. The van der Waals surface area contributed by atoms with Gasteiger partial charge in [-0.15, -0.1) is 0 Å². The maximum absolute atomic E-state index is 11.2. The highest BCUT2D eigenvalue weighted by molar-refractivity contribution is 7.22. The van der Waals surface area contributed by atoms with Gasteiger partial charge in [-0.25, -0.2) is 9.78 Å². The summed E-state index contributed by atoms with van der Waals surface area (Å²) in [6.07, 6.45) is -0.460. The highest BCUT2D eigenvalue weighted by atomic mass is 32.1. The molecule has 6 nitrogen and oxygen atoms in total. The number of piperazine rings is 1. The zero-order chi connectivity index (χ0) is 16.7. The quantitative estimate of drug-likeness (QED) is 0.883. The molecule has 0 bridgehead atoms. The van der Waals surface area contributed by atoms with Crippen LogP contribution in [-0.4, -0.2) is 55.8 Å². The minimum Gasteiger partial charge on any atom is -0.450 e. The molecule has 2 N–H and O–H groups in total. The molecule has 0 radical (unpaired) electrons. The van der Waals surface area contributed by atoms with Crippen molar-refractivity contribution >= 4 is 32.8 Å². The van der Waals surface area contributed by atoms with Gasteiger partial charge < -0.3 is 15.0 Å². The van der Waals surface area contributed by atoms with Crippen molar-refractivity contribution in [3.63, 3.8) is 0 Å². The zero-order valence-electron chi connectivity index (χ0n) is 13.9. The van der Waals surface area contributed by atoms with E-state index in [9.17, 15) is 4.79 Å². The Morgan fingerprint density at radius 1 is 1.43 bits per heavy atom. The van der Waals surface area contributed by atoms with Gasteiger partial charge in [0.25, 0.3) is 0 Å². The molecular formula is C16H24N4O2S. The van der Waals surface area contributed by atoms with Gasteiger partial charge in [0.15, 0.2) is 5.13 Å². The van der Waals surface area contributed by atoms with Crippen LogP contribution < -0.4 is 10.6 Å². The molecule has 1 aliphatic heterocycles. The lowest BCUT2D eigenvalue weighted by atomic mass is 10.2. The van der Waals surface area contributed by atoms with E-state index in [4.69, 9.17) is 4.74 Å². The normalized spacial score (nSPS) is 14.9. The molecule has 1 aromatic heterocycles. The number of hydrogen-bond acceptors (Lipinski definition) is 6. The van der Waals surface area contributed by atoms with Gasteiger partial charge in [-0.05, 0) is 38.6 Å². The number of ether oxygens (including phenoxy) is 1. The number of fused-ring (bicyclic) bond motifs is 1. The van der Waals surface area contributed by atoms with Crippen LogP contribution in [0.15, 0.2) is 18.2 Å². The molecule has 1 aromatic carbocycles. The Kier molecular flexibility index (Phi) is 6.76. The van der Waals surface area contributed by atoms with Crippen molar-refractivity contribution in [2.75, 3.05) is 45.2 Å². The van der Waals surface area contributed by atoms with E-state index in [0.29, 0.717) is 11.7 Å². The average Bonchev–Trinajstić information content (AvgIpc) is 2.90. The van der Waals surface area contributed by atoms with Crippen LogP contribution in [0.1, 0.15) is 12.5 Å². The van der Waals surface area contributed by atoms with Crippen LogP contribution in [0.4, 0.5) is 9.93 Å². The Morgan fingerprint density at radius 3 is 2.78 bits per heavy atom. The van der Waals surface area contributed by atoms with E-state index in [1.54, 1.807) is 6.92 Å². The van der Waals surface area contributed by atoms with Gasteiger partial charge in [0.05, 0.1) is 16.8 Å². The summed E-state index contributed by atoms with van der Waals surface area (Å²) in [4.78, 5) is 17.8. The molecular weight excluding hydrogens is 312 g/mol. The summed E-state index contributed by atoms with van der Waals surface area (Å²) in [5.74, 6) is 0. The number of thiazole rings is 1. The molecule has 0 aliphatic carbocycles. The smallest absolute Gasteiger partial charge is 0.413 e. The third-order valence-corrected chi connectivity index (χ3v) is 4.30. The molecule has 1 saturated heterocycles. The predicted molar refractivity (Wildman–Crippen MR) is 95.4 cm³/mol. The van der Waals surface area contributed by atoms with Gasteiger partial charge in [-0.1, -0.05) is 17.4 Å². The van der Waals surface area contributed by atoms with Crippen molar-refractivity contribution in [2.45, 2.75) is 13.8 Å². The Morgan fingerprint density at radius 2 is 2.17 bits per heavy atom. The first-order valence-corrected chi connectivity index (χ1v) is 8.60. The summed E-state index contributed by atoms with van der Waals surface area (Å²) >= 11 is 1.44.